The van der Waals surface area contributed by atoms with Gasteiger partial charge < -0.3 is 14.8 Å². The molecular weight excluding hydrogens is 454 g/mol. The number of benzene rings is 1. The van der Waals surface area contributed by atoms with Crippen LogP contribution in [0.5, 0.6) is 5.75 Å². The Balaban J connectivity index is 1.53. The molecule has 1 atom stereocenters. The lowest BCUT2D eigenvalue weighted by molar-refractivity contribution is -0.148. The second-order valence-electron chi connectivity index (χ2n) is 7.35. The average Bonchev–Trinajstić information content (AvgIpc) is 3.42. The highest BCUT2D eigenvalue weighted by molar-refractivity contribution is 7.89. The largest absolute Gasteiger partial charge is 0.495 e. The van der Waals surface area contributed by atoms with Crippen molar-refractivity contribution in [2.45, 2.75) is 45.3 Å². The van der Waals surface area contributed by atoms with Crippen LogP contribution in [0.4, 0.5) is 5.69 Å². The molecule has 1 aliphatic rings. The van der Waals surface area contributed by atoms with Gasteiger partial charge in [0, 0.05) is 11.9 Å². The molecule has 1 saturated heterocycles. The number of sulfonamides is 1. The van der Waals surface area contributed by atoms with Gasteiger partial charge in [0.25, 0.3) is 0 Å². The molecule has 2 heterocycles. The van der Waals surface area contributed by atoms with Gasteiger partial charge in [-0.3, -0.25) is 9.59 Å². The third kappa shape index (κ3) is 6.05. The summed E-state index contributed by atoms with van der Waals surface area (Å²) in [6.45, 7) is 2.06. The van der Waals surface area contributed by atoms with Gasteiger partial charge in [0.15, 0.2) is 0 Å². The van der Waals surface area contributed by atoms with Crippen molar-refractivity contribution in [1.29, 1.82) is 0 Å². The maximum absolute atomic E-state index is 12.5. The summed E-state index contributed by atoms with van der Waals surface area (Å²) in [5.74, 6) is -0.223. The molecule has 32 heavy (non-hydrogen) atoms. The number of nitrogens with zero attached hydrogens (tertiary/aromatic N) is 2. The molecule has 174 valence electrons. The smallest absolute Gasteiger partial charge is 0.324 e. The van der Waals surface area contributed by atoms with Gasteiger partial charge in [-0.1, -0.05) is 19.1 Å². The first-order valence-electron chi connectivity index (χ1n) is 10.4. The van der Waals surface area contributed by atoms with Crippen molar-refractivity contribution in [3.63, 3.8) is 0 Å². The van der Waals surface area contributed by atoms with Crippen LogP contribution in [-0.2, 0) is 37.4 Å². The van der Waals surface area contributed by atoms with Crippen LogP contribution in [0.2, 0.25) is 0 Å². The zero-order chi connectivity index (χ0) is 23.1. The number of hydrogen-bond acceptors (Lipinski definition) is 8. The van der Waals surface area contributed by atoms with Crippen LogP contribution in [0.15, 0.2) is 29.6 Å². The fourth-order valence-corrected chi connectivity index (χ4v) is 6.02. The van der Waals surface area contributed by atoms with E-state index in [-0.39, 0.29) is 24.7 Å². The molecule has 1 aromatic heterocycles. The third-order valence-electron chi connectivity index (χ3n) is 4.95. The summed E-state index contributed by atoms with van der Waals surface area (Å²) < 4.78 is 36.5. The highest BCUT2D eigenvalue weighted by Gasteiger charge is 2.39. The molecule has 2 aromatic rings. The summed E-state index contributed by atoms with van der Waals surface area (Å²) in [6.07, 6.45) is 1.65. The first-order valence-corrected chi connectivity index (χ1v) is 12.8. The molecule has 0 spiro atoms. The molecule has 1 unspecified atom stereocenters. The lowest BCUT2D eigenvalue weighted by Crippen LogP contribution is -2.42. The number of thiazole rings is 1. The van der Waals surface area contributed by atoms with Crippen molar-refractivity contribution in [2.24, 2.45) is 0 Å². The van der Waals surface area contributed by atoms with E-state index in [1.54, 1.807) is 30.5 Å². The lowest BCUT2D eigenvalue weighted by Gasteiger charge is -2.22. The Morgan fingerprint density at radius 1 is 1.31 bits per heavy atom. The maximum atomic E-state index is 12.5. The van der Waals surface area contributed by atoms with Crippen molar-refractivity contribution in [2.75, 3.05) is 24.7 Å². The van der Waals surface area contributed by atoms with E-state index in [0.29, 0.717) is 47.9 Å². The van der Waals surface area contributed by atoms with Crippen LogP contribution in [0.3, 0.4) is 0 Å². The first-order chi connectivity index (χ1) is 15.3. The third-order valence-corrected chi connectivity index (χ3v) is 7.92. The van der Waals surface area contributed by atoms with Crippen molar-refractivity contribution in [1.82, 2.24) is 9.29 Å². The highest BCUT2D eigenvalue weighted by Crippen LogP contribution is 2.25. The summed E-state index contributed by atoms with van der Waals surface area (Å²) in [5.41, 5.74) is 1.09. The minimum absolute atomic E-state index is 0.0170. The first kappa shape index (κ1) is 24.1. The van der Waals surface area contributed by atoms with E-state index >= 15 is 0 Å². The number of anilines is 1. The SMILES string of the molecule is CCCS(=O)(=O)N1CCCC1C(=O)OCc1csc(CC(=O)Nc2ccccc2OC)n1. The van der Waals surface area contributed by atoms with Crippen LogP contribution in [0, 0.1) is 0 Å². The molecule has 1 aromatic carbocycles. The van der Waals surface area contributed by atoms with Gasteiger partial charge in [-0.25, -0.2) is 13.4 Å². The van der Waals surface area contributed by atoms with E-state index in [9.17, 15) is 18.0 Å². The van der Waals surface area contributed by atoms with Gasteiger partial charge in [-0.2, -0.15) is 4.31 Å². The number of rotatable bonds is 10. The second kappa shape index (κ2) is 10.9. The van der Waals surface area contributed by atoms with E-state index in [0.717, 1.165) is 0 Å². The summed E-state index contributed by atoms with van der Waals surface area (Å²) in [4.78, 5) is 29.2. The van der Waals surface area contributed by atoms with Gasteiger partial charge in [0.05, 0.1) is 30.7 Å². The molecular formula is C21H27N3O6S2. The summed E-state index contributed by atoms with van der Waals surface area (Å²) in [6, 6.07) is 6.33. The quantitative estimate of drug-likeness (QED) is 0.519. The molecule has 1 amide bonds. The minimum Gasteiger partial charge on any atom is -0.495 e. The van der Waals surface area contributed by atoms with Crippen LogP contribution < -0.4 is 10.1 Å². The van der Waals surface area contributed by atoms with Crippen LogP contribution in [-0.4, -0.2) is 55.0 Å². The lowest BCUT2D eigenvalue weighted by atomic mass is 10.2. The van der Waals surface area contributed by atoms with Crippen molar-refractivity contribution in [3.8, 4) is 5.75 Å². The summed E-state index contributed by atoms with van der Waals surface area (Å²) in [5, 5.41) is 5.09. The number of ether oxygens (including phenoxy) is 2. The van der Waals surface area contributed by atoms with E-state index in [1.807, 2.05) is 6.07 Å². The highest BCUT2D eigenvalue weighted by atomic mass is 32.2. The number of amides is 1. The summed E-state index contributed by atoms with van der Waals surface area (Å²) in [7, 11) is -1.93. The summed E-state index contributed by atoms with van der Waals surface area (Å²) >= 11 is 1.29. The van der Waals surface area contributed by atoms with E-state index in [4.69, 9.17) is 9.47 Å². The number of para-hydroxylation sites is 2. The van der Waals surface area contributed by atoms with Crippen molar-refractivity contribution in [3.05, 3.63) is 40.3 Å². The van der Waals surface area contributed by atoms with Gasteiger partial charge in [0.1, 0.15) is 23.4 Å². The number of hydrogen-bond donors (Lipinski definition) is 1. The fraction of sp³-hybridized carbons (Fsp3) is 0.476. The Labute approximate surface area is 191 Å². The van der Waals surface area contributed by atoms with Gasteiger partial charge in [-0.05, 0) is 31.4 Å². The Kier molecular flexibility index (Phi) is 8.21. The molecule has 1 aliphatic heterocycles. The Morgan fingerprint density at radius 2 is 2.09 bits per heavy atom. The zero-order valence-corrected chi connectivity index (χ0v) is 19.7. The van der Waals surface area contributed by atoms with Crippen molar-refractivity contribution >= 4 is 38.9 Å². The second-order valence-corrected chi connectivity index (χ2v) is 10.3. The fourth-order valence-electron chi connectivity index (χ4n) is 3.50. The van der Waals surface area contributed by atoms with Gasteiger partial charge in [-0.15, -0.1) is 11.3 Å². The number of esters is 1. The Bertz CT molecular complexity index is 1050. The number of nitrogens with one attached hydrogen (secondary N) is 1. The molecule has 1 N–H and O–H groups in total. The van der Waals surface area contributed by atoms with Gasteiger partial charge >= 0.3 is 5.97 Å². The standard InChI is InChI=1S/C21H27N3O6S2/c1-3-11-32(27,28)24-10-6-8-17(24)21(26)30-13-15-14-31-20(22-15)12-19(25)23-16-7-4-5-9-18(16)29-2/h4-5,7,9,14,17H,3,6,8,10-13H2,1-2H3,(H,23,25). The van der Waals surface area contributed by atoms with Crippen LogP contribution in [0.25, 0.3) is 0 Å². The molecule has 1 fully saturated rings. The molecule has 0 bridgehead atoms. The van der Waals surface area contributed by atoms with Crippen LogP contribution >= 0.6 is 11.3 Å². The van der Waals surface area contributed by atoms with Crippen LogP contribution in [0.1, 0.15) is 36.9 Å². The molecule has 3 rings (SSSR count). The zero-order valence-electron chi connectivity index (χ0n) is 18.1. The number of aromatic nitrogens is 1. The van der Waals surface area contributed by atoms with E-state index in [1.165, 1.54) is 22.8 Å². The van der Waals surface area contributed by atoms with Gasteiger partial charge in [0.2, 0.25) is 15.9 Å². The number of methoxy groups -OCH3 is 1. The van der Waals surface area contributed by atoms with Crippen molar-refractivity contribution < 1.29 is 27.5 Å². The predicted octanol–water partition coefficient (Wildman–Crippen LogP) is 2.58. The Hall–Kier alpha value is -2.50. The molecule has 0 aliphatic carbocycles. The molecule has 0 saturated carbocycles. The predicted molar refractivity (Wildman–Crippen MR) is 121 cm³/mol. The number of carbonyl (C=O) groups excluding carboxylic acids is 2. The Morgan fingerprint density at radius 3 is 2.84 bits per heavy atom. The normalized spacial score (nSPS) is 16.6. The van der Waals surface area contributed by atoms with E-state index in [2.05, 4.69) is 10.3 Å². The molecule has 11 heteroatoms. The number of carbonyl (C=O) groups is 2. The average molecular weight is 482 g/mol. The topological polar surface area (TPSA) is 115 Å². The monoisotopic (exact) mass is 481 g/mol. The minimum atomic E-state index is -3.46. The molecule has 0 radical (unpaired) electrons. The molecule has 9 nitrogen and oxygen atoms in total. The maximum Gasteiger partial charge on any atom is 0.324 e. The van der Waals surface area contributed by atoms with E-state index < -0.39 is 22.0 Å².